The van der Waals surface area contributed by atoms with Gasteiger partial charge >= 0.3 is 0 Å². The Morgan fingerprint density at radius 3 is 2.87 bits per heavy atom. The van der Waals surface area contributed by atoms with Crippen LogP contribution in [0.3, 0.4) is 0 Å². The van der Waals surface area contributed by atoms with Gasteiger partial charge in [0.1, 0.15) is 6.67 Å². The van der Waals surface area contributed by atoms with Crippen LogP contribution in [0.25, 0.3) is 0 Å². The Labute approximate surface area is 144 Å². The highest BCUT2D eigenvalue weighted by Crippen LogP contribution is 2.34. The first kappa shape index (κ1) is 18.0. The van der Waals surface area contributed by atoms with Gasteiger partial charge in [-0.2, -0.15) is 0 Å². The van der Waals surface area contributed by atoms with Crippen molar-refractivity contribution in [2.45, 2.75) is 18.9 Å². The molecule has 0 radical (unpaired) electrons. The van der Waals surface area contributed by atoms with E-state index in [9.17, 15) is 9.18 Å². The third-order valence-electron chi connectivity index (χ3n) is 4.06. The van der Waals surface area contributed by atoms with E-state index in [0.29, 0.717) is 30.2 Å². The molecule has 23 heavy (non-hydrogen) atoms. The second-order valence-electron chi connectivity index (χ2n) is 5.42. The fraction of sp³-hybridized carbons (Fsp3) is 0.562. The zero-order valence-corrected chi connectivity index (χ0v) is 15.0. The molecule has 1 aromatic rings. The summed E-state index contributed by atoms with van der Waals surface area (Å²) >= 11 is 3.37. The lowest BCUT2D eigenvalue weighted by Crippen LogP contribution is -2.41. The number of hydrogen-bond donors (Lipinski definition) is 1. The van der Waals surface area contributed by atoms with Crippen LogP contribution in [-0.4, -0.2) is 57.4 Å². The van der Waals surface area contributed by atoms with Crippen molar-refractivity contribution in [2.75, 3.05) is 40.5 Å². The number of methoxy groups -OCH3 is 2. The Morgan fingerprint density at radius 1 is 1.43 bits per heavy atom. The number of hydrogen-bond acceptors (Lipinski definition) is 4. The number of nitrogens with zero attached hydrogens (tertiary/aromatic N) is 1. The third kappa shape index (κ3) is 4.35. The van der Waals surface area contributed by atoms with Crippen LogP contribution in [0, 0.1) is 0 Å². The van der Waals surface area contributed by atoms with E-state index in [2.05, 4.69) is 26.1 Å². The summed E-state index contributed by atoms with van der Waals surface area (Å²) < 4.78 is 23.8. The van der Waals surface area contributed by atoms with E-state index >= 15 is 0 Å². The second kappa shape index (κ2) is 8.49. The highest BCUT2D eigenvalue weighted by atomic mass is 79.9. The fourth-order valence-electron chi connectivity index (χ4n) is 2.93. The van der Waals surface area contributed by atoms with Crippen molar-refractivity contribution in [2.24, 2.45) is 0 Å². The lowest BCUT2D eigenvalue weighted by Gasteiger charge is -2.23. The zero-order valence-electron chi connectivity index (χ0n) is 13.4. The summed E-state index contributed by atoms with van der Waals surface area (Å²) in [6.45, 7) is 1.45. The molecule has 5 nitrogen and oxygen atoms in total. The number of halogens is 2. The van der Waals surface area contributed by atoms with Gasteiger partial charge in [0.05, 0.1) is 19.8 Å². The van der Waals surface area contributed by atoms with Gasteiger partial charge in [0, 0.05) is 23.6 Å². The maximum absolute atomic E-state index is 12.5. The molecule has 1 unspecified atom stereocenters. The molecule has 1 aromatic carbocycles. The molecule has 1 aliphatic rings. The van der Waals surface area contributed by atoms with Crippen molar-refractivity contribution in [1.29, 1.82) is 0 Å². The maximum atomic E-state index is 12.5. The van der Waals surface area contributed by atoms with Crippen molar-refractivity contribution in [3.63, 3.8) is 0 Å². The zero-order chi connectivity index (χ0) is 16.8. The predicted molar refractivity (Wildman–Crippen MR) is 90.1 cm³/mol. The van der Waals surface area contributed by atoms with E-state index < -0.39 is 0 Å². The van der Waals surface area contributed by atoms with Gasteiger partial charge in [0.2, 0.25) is 0 Å². The summed E-state index contributed by atoms with van der Waals surface area (Å²) in [4.78, 5) is 14.6. The lowest BCUT2D eigenvalue weighted by molar-refractivity contribution is 0.0936. The van der Waals surface area contributed by atoms with Crippen molar-refractivity contribution in [3.05, 3.63) is 22.2 Å². The number of ether oxygens (including phenoxy) is 2. The standard InChI is InChI=1S/C16H22BrFN2O3/c1-22-14-9-11(17)8-13(15(14)23-2)16(21)19-10-12-4-3-6-20(12)7-5-18/h8-9,12H,3-7,10H2,1-2H3,(H,19,21). The van der Waals surface area contributed by atoms with Crippen LogP contribution in [0.1, 0.15) is 23.2 Å². The average Bonchev–Trinajstić information content (AvgIpc) is 2.99. The van der Waals surface area contributed by atoms with Gasteiger partial charge in [-0.3, -0.25) is 9.69 Å². The van der Waals surface area contributed by atoms with Gasteiger partial charge in [-0.15, -0.1) is 0 Å². The van der Waals surface area contributed by atoms with Crippen LogP contribution < -0.4 is 14.8 Å². The average molecular weight is 389 g/mol. The van der Waals surface area contributed by atoms with Crippen molar-refractivity contribution < 1.29 is 18.7 Å². The number of likely N-dealkylation sites (tertiary alicyclic amines) is 1. The highest BCUT2D eigenvalue weighted by Gasteiger charge is 2.25. The normalized spacial score (nSPS) is 18.0. The van der Waals surface area contributed by atoms with E-state index in [1.165, 1.54) is 14.2 Å². The van der Waals surface area contributed by atoms with Crippen molar-refractivity contribution in [1.82, 2.24) is 10.2 Å². The Bertz CT molecular complexity index is 556. The molecule has 0 aromatic heterocycles. The van der Waals surface area contributed by atoms with Gasteiger partial charge < -0.3 is 14.8 Å². The molecule has 1 atom stereocenters. The second-order valence-corrected chi connectivity index (χ2v) is 6.34. The first-order valence-electron chi connectivity index (χ1n) is 7.60. The number of amides is 1. The molecule has 0 saturated carbocycles. The van der Waals surface area contributed by atoms with Gasteiger partial charge in [-0.05, 0) is 31.5 Å². The topological polar surface area (TPSA) is 50.8 Å². The number of carbonyl (C=O) groups excluding carboxylic acids is 1. The van der Waals surface area contributed by atoms with Crippen molar-refractivity contribution >= 4 is 21.8 Å². The first-order chi connectivity index (χ1) is 11.1. The van der Waals surface area contributed by atoms with Crippen LogP contribution in [0.15, 0.2) is 16.6 Å². The molecule has 1 N–H and O–H groups in total. The minimum Gasteiger partial charge on any atom is -0.493 e. The summed E-state index contributed by atoms with van der Waals surface area (Å²) in [5.41, 5.74) is 0.411. The minimum absolute atomic E-state index is 0.190. The Morgan fingerprint density at radius 2 is 2.22 bits per heavy atom. The molecule has 1 amide bonds. The van der Waals surface area contributed by atoms with Gasteiger partial charge in [0.15, 0.2) is 11.5 Å². The Kier molecular flexibility index (Phi) is 6.65. The van der Waals surface area contributed by atoms with E-state index in [1.54, 1.807) is 12.1 Å². The fourth-order valence-corrected chi connectivity index (χ4v) is 3.37. The van der Waals surface area contributed by atoms with Crippen LogP contribution in [-0.2, 0) is 0 Å². The lowest BCUT2D eigenvalue weighted by atomic mass is 10.1. The monoisotopic (exact) mass is 388 g/mol. The Hall–Kier alpha value is -1.34. The summed E-state index contributed by atoms with van der Waals surface area (Å²) in [5, 5.41) is 2.92. The number of benzene rings is 1. The first-order valence-corrected chi connectivity index (χ1v) is 8.39. The molecule has 7 heteroatoms. The third-order valence-corrected chi connectivity index (χ3v) is 4.52. The van der Waals surface area contributed by atoms with Crippen LogP contribution in [0.2, 0.25) is 0 Å². The molecule has 1 saturated heterocycles. The minimum atomic E-state index is -0.360. The molecule has 1 aliphatic heterocycles. The van der Waals surface area contributed by atoms with Gasteiger partial charge in [-0.1, -0.05) is 15.9 Å². The van der Waals surface area contributed by atoms with Crippen LogP contribution >= 0.6 is 15.9 Å². The quantitative estimate of drug-likeness (QED) is 0.779. The molecule has 1 fully saturated rings. The van der Waals surface area contributed by atoms with Crippen LogP contribution in [0.5, 0.6) is 11.5 Å². The number of carbonyl (C=O) groups is 1. The molecular formula is C16H22BrFN2O3. The summed E-state index contributed by atoms with van der Waals surface area (Å²) in [6.07, 6.45) is 2.01. The molecule has 1 heterocycles. The van der Waals surface area contributed by atoms with Crippen LogP contribution in [0.4, 0.5) is 4.39 Å². The smallest absolute Gasteiger partial charge is 0.255 e. The molecule has 0 bridgehead atoms. The van der Waals surface area contributed by atoms with Crippen molar-refractivity contribution in [3.8, 4) is 11.5 Å². The maximum Gasteiger partial charge on any atom is 0.255 e. The van der Waals surface area contributed by atoms with E-state index in [-0.39, 0.29) is 18.6 Å². The van der Waals surface area contributed by atoms with E-state index in [0.717, 1.165) is 23.9 Å². The molecule has 0 spiro atoms. The molecular weight excluding hydrogens is 367 g/mol. The van der Waals surface area contributed by atoms with Gasteiger partial charge in [0.25, 0.3) is 5.91 Å². The molecule has 2 rings (SSSR count). The predicted octanol–water partition coefficient (Wildman–Crippen LogP) is 2.63. The summed E-state index contributed by atoms with van der Waals surface area (Å²) in [6, 6.07) is 3.63. The highest BCUT2D eigenvalue weighted by molar-refractivity contribution is 9.10. The largest absolute Gasteiger partial charge is 0.493 e. The number of alkyl halides is 1. The van der Waals surface area contributed by atoms with Gasteiger partial charge in [-0.25, -0.2) is 4.39 Å². The molecule has 128 valence electrons. The van der Waals surface area contributed by atoms with E-state index in [1.807, 2.05) is 0 Å². The summed E-state index contributed by atoms with van der Waals surface area (Å²) in [5.74, 6) is 0.667. The van der Waals surface area contributed by atoms with E-state index in [4.69, 9.17) is 9.47 Å². The SMILES string of the molecule is COc1cc(Br)cc(C(=O)NCC2CCCN2CCF)c1OC. The molecule has 0 aliphatic carbocycles. The Balaban J connectivity index is 2.07. The number of nitrogens with one attached hydrogen (secondary N) is 1. The number of rotatable bonds is 7. The summed E-state index contributed by atoms with van der Waals surface area (Å²) in [7, 11) is 3.03.